The van der Waals surface area contributed by atoms with Crippen LogP contribution in [0.1, 0.15) is 36.5 Å². The van der Waals surface area contributed by atoms with Gasteiger partial charge in [0, 0.05) is 24.8 Å². The Morgan fingerprint density at radius 3 is 2.58 bits per heavy atom. The first kappa shape index (κ1) is 14.3. The zero-order chi connectivity index (χ0) is 14.0. The normalized spacial score (nSPS) is 11.2. The monoisotopic (exact) mass is 325 g/mol. The van der Waals surface area contributed by atoms with Crippen molar-refractivity contribution in [1.82, 2.24) is 19.6 Å². The standard InChI is InChI=1S/C13H20BrN5/c1-4-11-13(14)12(19(5-2)17-11)8-18-7-10(6-15)9(3)16-18/h7H,4-6,8,15H2,1-3H3. The number of hydrogen-bond donors (Lipinski definition) is 1. The Bertz CT molecular complexity index is 570. The summed E-state index contributed by atoms with van der Waals surface area (Å²) < 4.78 is 5.06. The first-order chi connectivity index (χ1) is 9.10. The van der Waals surface area contributed by atoms with Crippen LogP contribution < -0.4 is 5.73 Å². The van der Waals surface area contributed by atoms with Gasteiger partial charge in [-0.15, -0.1) is 0 Å². The average molecular weight is 326 g/mol. The van der Waals surface area contributed by atoms with E-state index in [0.717, 1.165) is 40.1 Å². The Labute approximate surface area is 121 Å². The fourth-order valence-electron chi connectivity index (χ4n) is 2.16. The molecule has 0 aliphatic carbocycles. The van der Waals surface area contributed by atoms with Gasteiger partial charge in [-0.1, -0.05) is 6.92 Å². The van der Waals surface area contributed by atoms with E-state index in [4.69, 9.17) is 5.73 Å². The Morgan fingerprint density at radius 1 is 1.32 bits per heavy atom. The summed E-state index contributed by atoms with van der Waals surface area (Å²) in [5.74, 6) is 0. The van der Waals surface area contributed by atoms with Crippen molar-refractivity contribution in [3.05, 3.63) is 33.3 Å². The largest absolute Gasteiger partial charge is 0.326 e. The molecule has 0 aliphatic heterocycles. The van der Waals surface area contributed by atoms with E-state index in [0.29, 0.717) is 13.1 Å². The average Bonchev–Trinajstić information content (AvgIpc) is 2.91. The van der Waals surface area contributed by atoms with Gasteiger partial charge < -0.3 is 5.73 Å². The van der Waals surface area contributed by atoms with E-state index in [-0.39, 0.29) is 0 Å². The number of nitrogens with zero attached hydrogens (tertiary/aromatic N) is 4. The van der Waals surface area contributed by atoms with Crippen LogP contribution in [0.2, 0.25) is 0 Å². The summed E-state index contributed by atoms with van der Waals surface area (Å²) in [6.45, 7) is 8.30. The van der Waals surface area contributed by atoms with Gasteiger partial charge in [0.05, 0.1) is 28.1 Å². The Hall–Kier alpha value is -1.14. The second-order valence-electron chi connectivity index (χ2n) is 4.52. The SMILES string of the molecule is CCc1nn(CC)c(Cn2cc(CN)c(C)n2)c1Br. The van der Waals surface area contributed by atoms with E-state index in [2.05, 4.69) is 40.0 Å². The molecule has 5 nitrogen and oxygen atoms in total. The summed E-state index contributed by atoms with van der Waals surface area (Å²) >= 11 is 3.65. The topological polar surface area (TPSA) is 61.7 Å². The van der Waals surface area contributed by atoms with E-state index in [9.17, 15) is 0 Å². The third kappa shape index (κ3) is 2.74. The van der Waals surface area contributed by atoms with Gasteiger partial charge in [0.2, 0.25) is 0 Å². The van der Waals surface area contributed by atoms with E-state index >= 15 is 0 Å². The molecule has 2 aromatic rings. The number of nitrogens with two attached hydrogens (primary N) is 1. The molecule has 0 aromatic carbocycles. The van der Waals surface area contributed by atoms with Gasteiger partial charge in [-0.3, -0.25) is 9.36 Å². The van der Waals surface area contributed by atoms with E-state index in [1.165, 1.54) is 0 Å². The highest BCUT2D eigenvalue weighted by molar-refractivity contribution is 9.10. The summed E-state index contributed by atoms with van der Waals surface area (Å²) in [5.41, 5.74) is 10.0. The van der Waals surface area contributed by atoms with Gasteiger partial charge in [-0.2, -0.15) is 10.2 Å². The van der Waals surface area contributed by atoms with E-state index in [1.54, 1.807) is 0 Å². The quantitative estimate of drug-likeness (QED) is 0.917. The van der Waals surface area contributed by atoms with Crippen molar-refractivity contribution in [2.45, 2.75) is 46.8 Å². The third-order valence-electron chi connectivity index (χ3n) is 3.27. The van der Waals surface area contributed by atoms with Crippen LogP contribution in [0.4, 0.5) is 0 Å². The fraction of sp³-hybridized carbons (Fsp3) is 0.538. The van der Waals surface area contributed by atoms with Gasteiger partial charge in [0.15, 0.2) is 0 Å². The molecule has 2 rings (SSSR count). The molecule has 0 saturated carbocycles. The molecule has 0 atom stereocenters. The lowest BCUT2D eigenvalue weighted by atomic mass is 10.3. The maximum absolute atomic E-state index is 5.69. The van der Waals surface area contributed by atoms with Crippen LogP contribution in [0.5, 0.6) is 0 Å². The molecule has 19 heavy (non-hydrogen) atoms. The molecular formula is C13H20BrN5. The highest BCUT2D eigenvalue weighted by atomic mass is 79.9. The summed E-state index contributed by atoms with van der Waals surface area (Å²) in [6.07, 6.45) is 2.94. The summed E-state index contributed by atoms with van der Waals surface area (Å²) in [7, 11) is 0. The van der Waals surface area contributed by atoms with Crippen molar-refractivity contribution in [3.8, 4) is 0 Å². The number of rotatable bonds is 5. The lowest BCUT2D eigenvalue weighted by Crippen LogP contribution is -2.09. The van der Waals surface area contributed by atoms with Gasteiger partial charge in [-0.05, 0) is 36.2 Å². The summed E-state index contributed by atoms with van der Waals surface area (Å²) in [6, 6.07) is 0. The molecule has 0 unspecified atom stereocenters. The number of aryl methyl sites for hydroxylation is 3. The lowest BCUT2D eigenvalue weighted by molar-refractivity contribution is 0.571. The van der Waals surface area contributed by atoms with Gasteiger partial charge in [0.1, 0.15) is 0 Å². The minimum Gasteiger partial charge on any atom is -0.326 e. The van der Waals surface area contributed by atoms with Crippen LogP contribution in [-0.4, -0.2) is 19.6 Å². The molecule has 2 heterocycles. The molecule has 2 aromatic heterocycles. The van der Waals surface area contributed by atoms with Crippen LogP contribution in [0, 0.1) is 6.92 Å². The Kier molecular flexibility index (Phi) is 4.42. The molecule has 104 valence electrons. The van der Waals surface area contributed by atoms with Crippen molar-refractivity contribution < 1.29 is 0 Å². The molecule has 0 bridgehead atoms. The second-order valence-corrected chi connectivity index (χ2v) is 5.31. The number of halogens is 1. The van der Waals surface area contributed by atoms with Crippen molar-refractivity contribution in [1.29, 1.82) is 0 Å². The van der Waals surface area contributed by atoms with Crippen LogP contribution >= 0.6 is 15.9 Å². The Morgan fingerprint density at radius 2 is 2.05 bits per heavy atom. The minimum absolute atomic E-state index is 0.528. The minimum atomic E-state index is 0.528. The molecule has 0 spiro atoms. The van der Waals surface area contributed by atoms with Crippen molar-refractivity contribution >= 4 is 15.9 Å². The lowest BCUT2D eigenvalue weighted by Gasteiger charge is -2.05. The highest BCUT2D eigenvalue weighted by Crippen LogP contribution is 2.23. The summed E-state index contributed by atoms with van der Waals surface area (Å²) in [5, 5.41) is 9.10. The number of hydrogen-bond acceptors (Lipinski definition) is 3. The molecule has 0 aliphatic rings. The van der Waals surface area contributed by atoms with Crippen LogP contribution in [-0.2, 0) is 26.1 Å². The van der Waals surface area contributed by atoms with Gasteiger partial charge >= 0.3 is 0 Å². The predicted molar refractivity (Wildman–Crippen MR) is 78.9 cm³/mol. The van der Waals surface area contributed by atoms with Crippen molar-refractivity contribution in [2.24, 2.45) is 5.73 Å². The Balaban J connectivity index is 2.34. The van der Waals surface area contributed by atoms with Crippen molar-refractivity contribution in [3.63, 3.8) is 0 Å². The van der Waals surface area contributed by atoms with E-state index in [1.807, 2.05) is 22.5 Å². The second kappa shape index (κ2) is 5.88. The maximum Gasteiger partial charge on any atom is 0.0840 e. The van der Waals surface area contributed by atoms with Gasteiger partial charge in [-0.25, -0.2) is 0 Å². The first-order valence-electron chi connectivity index (χ1n) is 6.57. The zero-order valence-corrected chi connectivity index (χ0v) is 13.2. The smallest absolute Gasteiger partial charge is 0.0840 e. The molecule has 0 amide bonds. The van der Waals surface area contributed by atoms with Crippen LogP contribution in [0.15, 0.2) is 10.7 Å². The van der Waals surface area contributed by atoms with Crippen LogP contribution in [0.25, 0.3) is 0 Å². The zero-order valence-electron chi connectivity index (χ0n) is 11.6. The first-order valence-corrected chi connectivity index (χ1v) is 7.37. The van der Waals surface area contributed by atoms with Crippen molar-refractivity contribution in [2.75, 3.05) is 0 Å². The van der Waals surface area contributed by atoms with E-state index < -0.39 is 0 Å². The van der Waals surface area contributed by atoms with Crippen LogP contribution in [0.3, 0.4) is 0 Å². The molecular weight excluding hydrogens is 306 g/mol. The fourth-order valence-corrected chi connectivity index (χ4v) is 2.85. The summed E-state index contributed by atoms with van der Waals surface area (Å²) in [4.78, 5) is 0. The number of aromatic nitrogens is 4. The molecule has 0 fully saturated rings. The van der Waals surface area contributed by atoms with Gasteiger partial charge in [0.25, 0.3) is 0 Å². The predicted octanol–water partition coefficient (Wildman–Crippen LogP) is 2.24. The highest BCUT2D eigenvalue weighted by Gasteiger charge is 2.15. The molecule has 0 saturated heterocycles. The molecule has 6 heteroatoms. The molecule has 0 radical (unpaired) electrons. The maximum atomic E-state index is 5.69. The third-order valence-corrected chi connectivity index (χ3v) is 4.19. The molecule has 2 N–H and O–H groups in total.